The van der Waals surface area contributed by atoms with Crippen LogP contribution in [0.25, 0.3) is 0 Å². The van der Waals surface area contributed by atoms with Gasteiger partial charge in [0, 0.05) is 5.02 Å². The summed E-state index contributed by atoms with van der Waals surface area (Å²) >= 11 is 5.82. The first-order chi connectivity index (χ1) is 8.61. The van der Waals surface area contributed by atoms with E-state index in [2.05, 4.69) is 6.07 Å². The van der Waals surface area contributed by atoms with E-state index in [1.165, 1.54) is 0 Å². The Hall–Kier alpha value is -2.18. The average Bonchev–Trinajstić information content (AvgIpc) is 2.34. The Bertz CT molecular complexity index is 632. The molecule has 3 nitrogen and oxygen atoms in total. The molecule has 0 aromatic heterocycles. The monoisotopic (exact) mass is 258 g/mol. The van der Waals surface area contributed by atoms with Gasteiger partial charge in [-0.1, -0.05) is 23.7 Å². The molecule has 0 saturated heterocycles. The van der Waals surface area contributed by atoms with Crippen LogP contribution in [0.15, 0.2) is 36.4 Å². The highest BCUT2D eigenvalue weighted by molar-refractivity contribution is 6.30. The Balaban J connectivity index is 2.43. The molecule has 0 unspecified atom stereocenters. The van der Waals surface area contributed by atoms with Gasteiger partial charge >= 0.3 is 0 Å². The summed E-state index contributed by atoms with van der Waals surface area (Å²) in [7, 11) is 0. The van der Waals surface area contributed by atoms with Gasteiger partial charge in [-0.05, 0) is 36.8 Å². The van der Waals surface area contributed by atoms with Crippen molar-refractivity contribution >= 4 is 17.3 Å². The molecule has 2 aromatic rings. The second-order valence-corrected chi connectivity index (χ2v) is 4.28. The van der Waals surface area contributed by atoms with E-state index in [-0.39, 0.29) is 0 Å². The second kappa shape index (κ2) is 4.99. The molecule has 0 fully saturated rings. The van der Waals surface area contributed by atoms with Crippen molar-refractivity contribution in [1.82, 2.24) is 0 Å². The summed E-state index contributed by atoms with van der Waals surface area (Å²) in [4.78, 5) is 0. The lowest BCUT2D eigenvalue weighted by Crippen LogP contribution is -1.95. The van der Waals surface area contributed by atoms with Crippen LogP contribution < -0.4 is 10.5 Å². The van der Waals surface area contributed by atoms with E-state index in [9.17, 15) is 0 Å². The van der Waals surface area contributed by atoms with Gasteiger partial charge in [-0.2, -0.15) is 5.26 Å². The molecule has 2 aromatic carbocycles. The third-order valence-corrected chi connectivity index (χ3v) is 2.75. The number of rotatable bonds is 2. The number of nitrogen functional groups attached to an aromatic ring is 1. The molecular weight excluding hydrogens is 248 g/mol. The number of nitrogens with two attached hydrogens (primary N) is 1. The van der Waals surface area contributed by atoms with Gasteiger partial charge in [-0.15, -0.1) is 0 Å². The molecule has 0 aliphatic carbocycles. The lowest BCUT2D eigenvalue weighted by molar-refractivity contribution is 0.479. The fourth-order valence-electron chi connectivity index (χ4n) is 1.60. The van der Waals surface area contributed by atoms with Crippen molar-refractivity contribution in [2.24, 2.45) is 0 Å². The van der Waals surface area contributed by atoms with Crippen LogP contribution in [-0.4, -0.2) is 0 Å². The topological polar surface area (TPSA) is 59.0 Å². The quantitative estimate of drug-likeness (QED) is 0.831. The highest BCUT2D eigenvalue weighted by Crippen LogP contribution is 2.33. The first-order valence-corrected chi connectivity index (χ1v) is 5.72. The van der Waals surface area contributed by atoms with Crippen molar-refractivity contribution in [1.29, 1.82) is 5.26 Å². The number of benzene rings is 2. The minimum absolute atomic E-state index is 0.439. The van der Waals surface area contributed by atoms with Gasteiger partial charge in [0.2, 0.25) is 0 Å². The molecule has 0 atom stereocenters. The van der Waals surface area contributed by atoms with Gasteiger partial charge in [0.25, 0.3) is 0 Å². The minimum Gasteiger partial charge on any atom is -0.454 e. The molecule has 0 saturated carbocycles. The predicted molar refractivity (Wildman–Crippen MR) is 71.8 cm³/mol. The fraction of sp³-hybridized carbons (Fsp3) is 0.0714. The molecule has 0 aliphatic rings. The van der Waals surface area contributed by atoms with Gasteiger partial charge in [-0.3, -0.25) is 0 Å². The van der Waals surface area contributed by atoms with E-state index in [0.717, 1.165) is 5.56 Å². The van der Waals surface area contributed by atoms with E-state index < -0.39 is 0 Å². The lowest BCUT2D eigenvalue weighted by atomic mass is 10.1. The van der Waals surface area contributed by atoms with E-state index in [4.69, 9.17) is 27.3 Å². The molecule has 0 bridgehead atoms. The van der Waals surface area contributed by atoms with E-state index in [1.807, 2.05) is 19.1 Å². The second-order valence-electron chi connectivity index (χ2n) is 3.85. The maximum Gasteiger partial charge on any atom is 0.150 e. The number of nitrogens with zero attached hydrogens (tertiary/aromatic N) is 1. The van der Waals surface area contributed by atoms with Crippen LogP contribution in [0.5, 0.6) is 11.5 Å². The van der Waals surface area contributed by atoms with Crippen LogP contribution in [0.3, 0.4) is 0 Å². The summed E-state index contributed by atoms with van der Waals surface area (Å²) in [5, 5.41) is 9.60. The van der Waals surface area contributed by atoms with Crippen LogP contribution in [0.1, 0.15) is 11.1 Å². The zero-order valence-electron chi connectivity index (χ0n) is 9.77. The van der Waals surface area contributed by atoms with E-state index in [0.29, 0.717) is 27.8 Å². The Morgan fingerprint density at radius 2 is 2.06 bits per heavy atom. The summed E-state index contributed by atoms with van der Waals surface area (Å²) in [5.74, 6) is 1.01. The Morgan fingerprint density at radius 3 is 2.72 bits per heavy atom. The van der Waals surface area contributed by atoms with Gasteiger partial charge in [0.05, 0.1) is 11.3 Å². The summed E-state index contributed by atoms with van der Waals surface area (Å²) in [6, 6.07) is 12.5. The summed E-state index contributed by atoms with van der Waals surface area (Å²) in [5.41, 5.74) is 7.61. The molecule has 18 heavy (non-hydrogen) atoms. The zero-order chi connectivity index (χ0) is 13.1. The largest absolute Gasteiger partial charge is 0.454 e. The standard InChI is InChI=1S/C14H11ClN2O/c1-9-3-2-4-10(8-16)14(9)18-13-6-5-11(15)7-12(13)17/h2-7H,17H2,1H3. The summed E-state index contributed by atoms with van der Waals surface area (Å²) in [6.45, 7) is 1.88. The van der Waals surface area contributed by atoms with Gasteiger partial charge in [-0.25, -0.2) is 0 Å². The lowest BCUT2D eigenvalue weighted by Gasteiger charge is -2.12. The number of aryl methyl sites for hydroxylation is 1. The average molecular weight is 259 g/mol. The Morgan fingerprint density at radius 1 is 1.28 bits per heavy atom. The van der Waals surface area contributed by atoms with Crippen molar-refractivity contribution in [2.75, 3.05) is 5.73 Å². The van der Waals surface area contributed by atoms with Gasteiger partial charge in [0.1, 0.15) is 17.6 Å². The number of nitriles is 1. The third kappa shape index (κ3) is 2.39. The first kappa shape index (κ1) is 12.3. The number of hydrogen-bond donors (Lipinski definition) is 1. The fourth-order valence-corrected chi connectivity index (χ4v) is 1.78. The first-order valence-electron chi connectivity index (χ1n) is 5.34. The van der Waals surface area contributed by atoms with Gasteiger partial charge in [0.15, 0.2) is 0 Å². The molecule has 4 heteroatoms. The number of halogens is 1. The Labute approximate surface area is 110 Å². The van der Waals surface area contributed by atoms with Crippen LogP contribution in [0.4, 0.5) is 5.69 Å². The molecule has 0 aliphatic heterocycles. The van der Waals surface area contributed by atoms with Crippen molar-refractivity contribution in [3.8, 4) is 17.6 Å². The molecule has 90 valence electrons. The summed E-state index contributed by atoms with van der Waals surface area (Å²) < 4.78 is 5.71. The third-order valence-electron chi connectivity index (χ3n) is 2.52. The highest BCUT2D eigenvalue weighted by atomic mass is 35.5. The molecular formula is C14H11ClN2O. The maximum atomic E-state index is 9.05. The van der Waals surface area contributed by atoms with Crippen LogP contribution in [0, 0.1) is 18.3 Å². The molecule has 0 spiro atoms. The number of para-hydroxylation sites is 1. The zero-order valence-corrected chi connectivity index (χ0v) is 10.5. The van der Waals surface area contributed by atoms with Crippen LogP contribution >= 0.6 is 11.6 Å². The number of hydrogen-bond acceptors (Lipinski definition) is 3. The van der Waals surface area contributed by atoms with Crippen molar-refractivity contribution < 1.29 is 4.74 Å². The predicted octanol–water partition coefficient (Wildman–Crippen LogP) is 3.89. The van der Waals surface area contributed by atoms with E-state index in [1.54, 1.807) is 24.3 Å². The Kier molecular flexibility index (Phi) is 3.40. The van der Waals surface area contributed by atoms with Gasteiger partial charge < -0.3 is 10.5 Å². The number of ether oxygens (including phenoxy) is 1. The van der Waals surface area contributed by atoms with Crippen LogP contribution in [0.2, 0.25) is 5.02 Å². The molecule has 2 N–H and O–H groups in total. The highest BCUT2D eigenvalue weighted by Gasteiger charge is 2.09. The minimum atomic E-state index is 0.439. The van der Waals surface area contributed by atoms with Crippen molar-refractivity contribution in [3.05, 3.63) is 52.5 Å². The molecule has 0 radical (unpaired) electrons. The SMILES string of the molecule is Cc1cccc(C#N)c1Oc1ccc(Cl)cc1N. The smallest absolute Gasteiger partial charge is 0.150 e. The number of anilines is 1. The van der Waals surface area contributed by atoms with Crippen molar-refractivity contribution in [3.63, 3.8) is 0 Å². The summed E-state index contributed by atoms with van der Waals surface area (Å²) in [6.07, 6.45) is 0. The molecule has 0 amide bonds. The molecule has 0 heterocycles. The molecule has 2 rings (SSSR count). The maximum absolute atomic E-state index is 9.05. The van der Waals surface area contributed by atoms with Crippen LogP contribution in [-0.2, 0) is 0 Å². The van der Waals surface area contributed by atoms with E-state index >= 15 is 0 Å². The van der Waals surface area contributed by atoms with Crippen molar-refractivity contribution in [2.45, 2.75) is 6.92 Å². The normalized spacial score (nSPS) is 9.83.